The second kappa shape index (κ2) is 7.85. The normalized spacial score (nSPS) is 18.1. The summed E-state index contributed by atoms with van der Waals surface area (Å²) in [6, 6.07) is 10.3. The molecule has 0 spiro atoms. The van der Waals surface area contributed by atoms with E-state index < -0.39 is 0 Å². The molecule has 1 fully saturated rings. The largest absolute Gasteiger partial charge is 0.424 e. The van der Waals surface area contributed by atoms with Crippen molar-refractivity contribution in [3.8, 4) is 5.69 Å². The number of nitrogens with zero attached hydrogens (tertiary/aromatic N) is 5. The molecular formula is C21H27N5O2. The van der Waals surface area contributed by atoms with Crippen molar-refractivity contribution in [3.05, 3.63) is 59.1 Å². The van der Waals surface area contributed by atoms with Crippen molar-refractivity contribution in [2.75, 3.05) is 19.8 Å². The highest BCUT2D eigenvalue weighted by Crippen LogP contribution is 2.31. The Labute approximate surface area is 165 Å². The molecule has 1 saturated heterocycles. The molecule has 148 valence electrons. The fourth-order valence-electron chi connectivity index (χ4n) is 3.79. The number of aryl methyl sites for hydroxylation is 1. The lowest BCUT2D eigenvalue weighted by Gasteiger charge is -2.35. The van der Waals surface area contributed by atoms with Gasteiger partial charge >= 0.3 is 0 Å². The summed E-state index contributed by atoms with van der Waals surface area (Å²) in [6.07, 6.45) is 0. The first kappa shape index (κ1) is 18.8. The molecule has 7 nitrogen and oxygen atoms in total. The number of morpholine rings is 1. The molecule has 28 heavy (non-hydrogen) atoms. The Kier molecular flexibility index (Phi) is 5.28. The predicted octanol–water partition coefficient (Wildman–Crippen LogP) is 3.57. The Morgan fingerprint density at radius 2 is 1.93 bits per heavy atom. The van der Waals surface area contributed by atoms with E-state index in [0.29, 0.717) is 31.5 Å². The molecule has 3 aromatic rings. The molecule has 4 rings (SSSR count). The van der Waals surface area contributed by atoms with Gasteiger partial charge in [0.05, 0.1) is 37.2 Å². The average molecular weight is 381 g/mol. The van der Waals surface area contributed by atoms with Crippen LogP contribution in [0.2, 0.25) is 0 Å². The van der Waals surface area contributed by atoms with Gasteiger partial charge in [0.15, 0.2) is 0 Å². The zero-order chi connectivity index (χ0) is 19.7. The minimum absolute atomic E-state index is 0.112. The Morgan fingerprint density at radius 3 is 2.64 bits per heavy atom. The van der Waals surface area contributed by atoms with E-state index in [1.54, 1.807) is 0 Å². The highest BCUT2D eigenvalue weighted by Gasteiger charge is 2.31. The quantitative estimate of drug-likeness (QED) is 0.673. The highest BCUT2D eigenvalue weighted by atomic mass is 16.5. The van der Waals surface area contributed by atoms with Gasteiger partial charge in [-0.15, -0.1) is 10.2 Å². The van der Waals surface area contributed by atoms with E-state index in [1.165, 1.54) is 5.56 Å². The lowest BCUT2D eigenvalue weighted by molar-refractivity contribution is -0.0167. The fraction of sp³-hybridized carbons (Fsp3) is 0.476. The van der Waals surface area contributed by atoms with Crippen LogP contribution in [0, 0.1) is 13.8 Å². The van der Waals surface area contributed by atoms with Crippen LogP contribution in [-0.4, -0.2) is 44.6 Å². The molecule has 0 aliphatic carbocycles. The SMILES string of the molecule is Cc1nn(-c2ccccc2)c(C)c1[C@@H]1COCCN1Cc1nnc(C(C)C)o1. The predicted molar refractivity (Wildman–Crippen MR) is 105 cm³/mol. The third kappa shape index (κ3) is 3.59. The zero-order valence-electron chi connectivity index (χ0n) is 16.9. The maximum Gasteiger partial charge on any atom is 0.230 e. The molecule has 0 bridgehead atoms. The van der Waals surface area contributed by atoms with Gasteiger partial charge < -0.3 is 9.15 Å². The van der Waals surface area contributed by atoms with E-state index in [-0.39, 0.29) is 12.0 Å². The number of hydrogen-bond donors (Lipinski definition) is 0. The van der Waals surface area contributed by atoms with Gasteiger partial charge in [0.25, 0.3) is 0 Å². The lowest BCUT2D eigenvalue weighted by Crippen LogP contribution is -2.39. The summed E-state index contributed by atoms with van der Waals surface area (Å²) >= 11 is 0. The molecule has 0 N–H and O–H groups in total. The Morgan fingerprint density at radius 1 is 1.14 bits per heavy atom. The summed E-state index contributed by atoms with van der Waals surface area (Å²) < 4.78 is 13.7. The Balaban J connectivity index is 1.63. The number of hydrogen-bond acceptors (Lipinski definition) is 6. The number of aromatic nitrogens is 4. The molecule has 1 atom stereocenters. The van der Waals surface area contributed by atoms with Crippen molar-refractivity contribution in [2.24, 2.45) is 0 Å². The van der Waals surface area contributed by atoms with Crippen LogP contribution < -0.4 is 0 Å². The Hall–Kier alpha value is -2.51. The van der Waals surface area contributed by atoms with Crippen LogP contribution in [-0.2, 0) is 11.3 Å². The van der Waals surface area contributed by atoms with Crippen molar-refractivity contribution in [1.82, 2.24) is 24.9 Å². The second-order valence-electron chi connectivity index (χ2n) is 7.58. The van der Waals surface area contributed by atoms with Crippen LogP contribution in [0.25, 0.3) is 5.69 Å². The van der Waals surface area contributed by atoms with Gasteiger partial charge in [-0.3, -0.25) is 4.90 Å². The summed E-state index contributed by atoms with van der Waals surface area (Å²) in [4.78, 5) is 2.35. The minimum Gasteiger partial charge on any atom is -0.424 e. The third-order valence-electron chi connectivity index (χ3n) is 5.24. The van der Waals surface area contributed by atoms with Crippen molar-refractivity contribution >= 4 is 0 Å². The van der Waals surface area contributed by atoms with E-state index in [2.05, 4.69) is 54.9 Å². The van der Waals surface area contributed by atoms with Gasteiger partial charge in [-0.2, -0.15) is 5.10 Å². The first-order valence-corrected chi connectivity index (χ1v) is 9.80. The van der Waals surface area contributed by atoms with Crippen LogP contribution >= 0.6 is 0 Å². The molecule has 1 aromatic carbocycles. The molecular weight excluding hydrogens is 354 g/mol. The standard InChI is InChI=1S/C21H27N5O2/c1-14(2)21-23-22-19(28-21)12-25-10-11-27-13-18(25)20-15(3)24-26(16(20)4)17-8-6-5-7-9-17/h5-9,14,18H,10-13H2,1-4H3/t18-/m0/s1. The first-order valence-electron chi connectivity index (χ1n) is 9.80. The van der Waals surface area contributed by atoms with Gasteiger partial charge in [-0.05, 0) is 26.0 Å². The summed E-state index contributed by atoms with van der Waals surface area (Å²) in [5.41, 5.74) is 4.44. The van der Waals surface area contributed by atoms with Gasteiger partial charge in [0.2, 0.25) is 11.8 Å². The van der Waals surface area contributed by atoms with E-state index in [0.717, 1.165) is 23.6 Å². The van der Waals surface area contributed by atoms with E-state index >= 15 is 0 Å². The minimum atomic E-state index is 0.112. The lowest BCUT2D eigenvalue weighted by atomic mass is 10.0. The topological polar surface area (TPSA) is 69.2 Å². The third-order valence-corrected chi connectivity index (χ3v) is 5.24. The number of para-hydroxylation sites is 1. The number of ether oxygens (including phenoxy) is 1. The first-order chi connectivity index (χ1) is 13.5. The molecule has 1 aliphatic heterocycles. The Bertz CT molecular complexity index is 932. The number of benzene rings is 1. The van der Waals surface area contributed by atoms with Crippen molar-refractivity contribution in [1.29, 1.82) is 0 Å². The summed E-state index contributed by atoms with van der Waals surface area (Å²) in [6.45, 7) is 11.1. The van der Waals surface area contributed by atoms with Gasteiger partial charge in [0.1, 0.15) is 0 Å². The van der Waals surface area contributed by atoms with Gasteiger partial charge in [0, 0.05) is 23.7 Å². The average Bonchev–Trinajstić information content (AvgIpc) is 3.28. The molecule has 0 saturated carbocycles. The molecule has 0 amide bonds. The molecule has 0 radical (unpaired) electrons. The van der Waals surface area contributed by atoms with Crippen LogP contribution in [0.4, 0.5) is 0 Å². The maximum atomic E-state index is 5.84. The molecule has 0 unspecified atom stereocenters. The summed E-state index contributed by atoms with van der Waals surface area (Å²) in [5.74, 6) is 1.57. The van der Waals surface area contributed by atoms with Crippen LogP contribution in [0.15, 0.2) is 34.7 Å². The molecule has 7 heteroatoms. The van der Waals surface area contributed by atoms with E-state index in [9.17, 15) is 0 Å². The second-order valence-corrected chi connectivity index (χ2v) is 7.58. The molecule has 2 aromatic heterocycles. The van der Waals surface area contributed by atoms with Gasteiger partial charge in [-0.25, -0.2) is 4.68 Å². The monoisotopic (exact) mass is 381 g/mol. The van der Waals surface area contributed by atoms with E-state index in [1.807, 2.05) is 22.9 Å². The smallest absolute Gasteiger partial charge is 0.230 e. The van der Waals surface area contributed by atoms with Crippen LogP contribution in [0.3, 0.4) is 0 Å². The van der Waals surface area contributed by atoms with Gasteiger partial charge in [-0.1, -0.05) is 32.0 Å². The molecule has 3 heterocycles. The van der Waals surface area contributed by atoms with Crippen molar-refractivity contribution < 1.29 is 9.15 Å². The van der Waals surface area contributed by atoms with E-state index in [4.69, 9.17) is 14.3 Å². The zero-order valence-corrected chi connectivity index (χ0v) is 16.9. The summed E-state index contributed by atoms with van der Waals surface area (Å²) in [5, 5.41) is 13.2. The maximum absolute atomic E-state index is 5.84. The van der Waals surface area contributed by atoms with Crippen molar-refractivity contribution in [2.45, 2.75) is 46.2 Å². The van der Waals surface area contributed by atoms with Crippen LogP contribution in [0.5, 0.6) is 0 Å². The summed E-state index contributed by atoms with van der Waals surface area (Å²) in [7, 11) is 0. The van der Waals surface area contributed by atoms with Crippen molar-refractivity contribution in [3.63, 3.8) is 0 Å². The fourth-order valence-corrected chi connectivity index (χ4v) is 3.79. The molecule has 1 aliphatic rings. The number of rotatable bonds is 5. The van der Waals surface area contributed by atoms with Crippen LogP contribution in [0.1, 0.15) is 54.5 Å². The highest BCUT2D eigenvalue weighted by molar-refractivity contribution is 5.38.